The molecule has 1 heterocycles. The predicted octanol–water partition coefficient (Wildman–Crippen LogP) is 1.82. The molecule has 94 valence electrons. The van der Waals surface area contributed by atoms with Crippen molar-refractivity contribution in [2.75, 3.05) is 33.0 Å². The molecule has 1 aliphatic heterocycles. The van der Waals surface area contributed by atoms with Crippen molar-refractivity contribution in [3.63, 3.8) is 0 Å². The summed E-state index contributed by atoms with van der Waals surface area (Å²) < 4.78 is 11.0. The van der Waals surface area contributed by atoms with Gasteiger partial charge in [0.2, 0.25) is 0 Å². The van der Waals surface area contributed by atoms with Crippen LogP contribution in [0.1, 0.15) is 32.6 Å². The maximum atomic E-state index is 5.67. The highest BCUT2D eigenvalue weighted by Gasteiger charge is 2.22. The fraction of sp³-hybridized carbons (Fsp3) is 1.00. The molecule has 0 radical (unpaired) electrons. The summed E-state index contributed by atoms with van der Waals surface area (Å²) >= 11 is 0. The van der Waals surface area contributed by atoms with Crippen LogP contribution in [-0.2, 0) is 9.47 Å². The van der Waals surface area contributed by atoms with Gasteiger partial charge in [-0.05, 0) is 25.2 Å². The van der Waals surface area contributed by atoms with Crippen molar-refractivity contribution < 1.29 is 9.47 Å². The van der Waals surface area contributed by atoms with Crippen molar-refractivity contribution in [2.24, 2.45) is 11.8 Å². The van der Waals surface area contributed by atoms with Gasteiger partial charge in [0.05, 0.1) is 19.8 Å². The van der Waals surface area contributed by atoms with E-state index in [9.17, 15) is 0 Å². The van der Waals surface area contributed by atoms with Crippen LogP contribution in [0.4, 0.5) is 0 Å². The molecule has 0 spiro atoms. The smallest absolute Gasteiger partial charge is 0.0591 e. The van der Waals surface area contributed by atoms with E-state index in [1.807, 2.05) is 0 Å². The summed E-state index contributed by atoms with van der Waals surface area (Å²) in [5.74, 6) is 1.49. The number of hydrogen-bond donors (Lipinski definition) is 1. The highest BCUT2D eigenvalue weighted by atomic mass is 16.5. The number of hydrogen-bond acceptors (Lipinski definition) is 3. The summed E-state index contributed by atoms with van der Waals surface area (Å²) in [4.78, 5) is 0. The average molecular weight is 227 g/mol. The zero-order valence-corrected chi connectivity index (χ0v) is 10.4. The summed E-state index contributed by atoms with van der Waals surface area (Å²) in [5, 5.41) is 3.60. The Bertz CT molecular complexity index is 192. The minimum Gasteiger partial charge on any atom is -0.381 e. The molecule has 0 aromatic carbocycles. The van der Waals surface area contributed by atoms with E-state index in [1.54, 1.807) is 0 Å². The summed E-state index contributed by atoms with van der Waals surface area (Å²) in [7, 11) is 0. The Labute approximate surface area is 98.9 Å². The van der Waals surface area contributed by atoms with Gasteiger partial charge in [0.15, 0.2) is 0 Å². The molecule has 3 unspecified atom stereocenters. The van der Waals surface area contributed by atoms with Crippen molar-refractivity contribution >= 4 is 0 Å². The third-order valence-electron chi connectivity index (χ3n) is 3.89. The van der Waals surface area contributed by atoms with Crippen LogP contribution < -0.4 is 5.32 Å². The number of ether oxygens (including phenoxy) is 2. The predicted molar refractivity (Wildman–Crippen MR) is 64.6 cm³/mol. The SMILES string of the molecule is CC1CCCC1NCCOCC1CCOC1. The van der Waals surface area contributed by atoms with Crippen molar-refractivity contribution in [3.8, 4) is 0 Å². The second-order valence-corrected chi connectivity index (χ2v) is 5.27. The Kier molecular flexibility index (Phi) is 5.07. The topological polar surface area (TPSA) is 30.5 Å². The molecule has 1 saturated heterocycles. The molecule has 2 aliphatic rings. The first-order valence-corrected chi connectivity index (χ1v) is 6.75. The largest absolute Gasteiger partial charge is 0.381 e. The molecule has 1 saturated carbocycles. The van der Waals surface area contributed by atoms with Gasteiger partial charge in [0, 0.05) is 25.1 Å². The van der Waals surface area contributed by atoms with Crippen molar-refractivity contribution in [2.45, 2.75) is 38.6 Å². The summed E-state index contributed by atoms with van der Waals surface area (Å²) in [6.07, 6.45) is 5.29. The van der Waals surface area contributed by atoms with Gasteiger partial charge in [-0.1, -0.05) is 13.3 Å². The Morgan fingerprint density at radius 3 is 2.94 bits per heavy atom. The van der Waals surface area contributed by atoms with Crippen LogP contribution in [0.25, 0.3) is 0 Å². The number of rotatable bonds is 6. The van der Waals surface area contributed by atoms with Gasteiger partial charge in [-0.2, -0.15) is 0 Å². The maximum Gasteiger partial charge on any atom is 0.0591 e. The highest BCUT2D eigenvalue weighted by Crippen LogP contribution is 2.24. The van der Waals surface area contributed by atoms with E-state index in [4.69, 9.17) is 9.47 Å². The maximum absolute atomic E-state index is 5.67. The Morgan fingerprint density at radius 1 is 1.31 bits per heavy atom. The molecule has 3 atom stereocenters. The van der Waals surface area contributed by atoms with E-state index in [0.717, 1.165) is 44.9 Å². The molecule has 2 fully saturated rings. The second-order valence-electron chi connectivity index (χ2n) is 5.27. The van der Waals surface area contributed by atoms with Crippen LogP contribution in [0, 0.1) is 11.8 Å². The normalized spacial score (nSPS) is 34.7. The molecule has 1 aliphatic carbocycles. The van der Waals surface area contributed by atoms with E-state index in [0.29, 0.717) is 5.92 Å². The van der Waals surface area contributed by atoms with Crippen molar-refractivity contribution in [1.82, 2.24) is 5.32 Å². The first kappa shape index (κ1) is 12.3. The molecule has 0 bridgehead atoms. The summed E-state index contributed by atoms with van der Waals surface area (Å²) in [5.41, 5.74) is 0. The molecule has 1 N–H and O–H groups in total. The lowest BCUT2D eigenvalue weighted by Crippen LogP contribution is -2.34. The molecule has 0 aromatic heterocycles. The van der Waals surface area contributed by atoms with E-state index in [1.165, 1.54) is 25.7 Å². The Morgan fingerprint density at radius 2 is 2.25 bits per heavy atom. The lowest BCUT2D eigenvalue weighted by atomic mass is 10.1. The third-order valence-corrected chi connectivity index (χ3v) is 3.89. The average Bonchev–Trinajstić information content (AvgIpc) is 2.90. The van der Waals surface area contributed by atoms with Crippen molar-refractivity contribution in [1.29, 1.82) is 0 Å². The van der Waals surface area contributed by atoms with Gasteiger partial charge >= 0.3 is 0 Å². The van der Waals surface area contributed by atoms with Crippen LogP contribution in [0.2, 0.25) is 0 Å². The molecule has 3 heteroatoms. The molecular formula is C13H25NO2. The van der Waals surface area contributed by atoms with Crippen LogP contribution in [0.3, 0.4) is 0 Å². The monoisotopic (exact) mass is 227 g/mol. The summed E-state index contributed by atoms with van der Waals surface area (Å²) in [6.45, 7) is 6.89. The van der Waals surface area contributed by atoms with Gasteiger partial charge in [-0.15, -0.1) is 0 Å². The van der Waals surface area contributed by atoms with Gasteiger partial charge < -0.3 is 14.8 Å². The minimum absolute atomic E-state index is 0.644. The van der Waals surface area contributed by atoms with Gasteiger partial charge in [-0.25, -0.2) is 0 Å². The molecule has 16 heavy (non-hydrogen) atoms. The lowest BCUT2D eigenvalue weighted by Gasteiger charge is -2.17. The molecular weight excluding hydrogens is 202 g/mol. The minimum atomic E-state index is 0.644. The molecule has 0 aromatic rings. The molecule has 2 rings (SSSR count). The molecule has 3 nitrogen and oxygen atoms in total. The van der Waals surface area contributed by atoms with E-state index >= 15 is 0 Å². The van der Waals surface area contributed by atoms with Crippen LogP contribution in [0.15, 0.2) is 0 Å². The molecule has 0 amide bonds. The van der Waals surface area contributed by atoms with E-state index in [2.05, 4.69) is 12.2 Å². The van der Waals surface area contributed by atoms with Gasteiger partial charge in [0.25, 0.3) is 0 Å². The van der Waals surface area contributed by atoms with Crippen LogP contribution in [0.5, 0.6) is 0 Å². The van der Waals surface area contributed by atoms with Gasteiger partial charge in [0.1, 0.15) is 0 Å². The second kappa shape index (κ2) is 6.58. The Balaban J connectivity index is 1.45. The summed E-state index contributed by atoms with van der Waals surface area (Å²) in [6, 6.07) is 0.735. The zero-order valence-electron chi connectivity index (χ0n) is 10.4. The van der Waals surface area contributed by atoms with Gasteiger partial charge in [-0.3, -0.25) is 0 Å². The first-order valence-electron chi connectivity index (χ1n) is 6.75. The third kappa shape index (κ3) is 3.72. The first-order chi connectivity index (χ1) is 7.86. The fourth-order valence-corrected chi connectivity index (χ4v) is 2.73. The van der Waals surface area contributed by atoms with E-state index in [-0.39, 0.29) is 0 Å². The van der Waals surface area contributed by atoms with Crippen LogP contribution in [-0.4, -0.2) is 39.0 Å². The lowest BCUT2D eigenvalue weighted by molar-refractivity contribution is 0.0895. The fourth-order valence-electron chi connectivity index (χ4n) is 2.73. The Hall–Kier alpha value is -0.120. The van der Waals surface area contributed by atoms with Crippen molar-refractivity contribution in [3.05, 3.63) is 0 Å². The quantitative estimate of drug-likeness (QED) is 0.702. The zero-order chi connectivity index (χ0) is 11.2. The van der Waals surface area contributed by atoms with E-state index < -0.39 is 0 Å². The number of nitrogens with one attached hydrogen (secondary N) is 1. The highest BCUT2D eigenvalue weighted by molar-refractivity contribution is 4.79. The van der Waals surface area contributed by atoms with Crippen LogP contribution >= 0.6 is 0 Å². The standard InChI is InChI=1S/C13H25NO2/c1-11-3-2-4-13(11)14-6-8-16-10-12-5-7-15-9-12/h11-14H,2-10H2,1H3.